The number of nitrogens with one attached hydrogen (secondary N) is 1. The molecule has 5 nitrogen and oxygen atoms in total. The summed E-state index contributed by atoms with van der Waals surface area (Å²) in [7, 11) is -4.41. The third-order valence-electron chi connectivity index (χ3n) is 4.85. The van der Waals surface area contributed by atoms with E-state index in [1.54, 1.807) is 51.1 Å². The Bertz CT molecular complexity index is 1230. The van der Waals surface area contributed by atoms with Gasteiger partial charge in [0.25, 0.3) is 0 Å². The van der Waals surface area contributed by atoms with Crippen LogP contribution in [0, 0.1) is 32.1 Å². The summed E-state index contributed by atoms with van der Waals surface area (Å²) in [6.07, 6.45) is -3.36. The van der Waals surface area contributed by atoms with Crippen molar-refractivity contribution in [3.05, 3.63) is 64.8 Å². The Hall–Kier alpha value is -2.83. The van der Waals surface area contributed by atoms with Crippen molar-refractivity contribution in [2.75, 3.05) is 0 Å². The SMILES string of the molecule is Cc1cc(C)c(S(=O)(=O)NC(Cn2ccc3cc(C#N)ccc32)C(F)(F)F)c(C)c1. The van der Waals surface area contributed by atoms with Crippen molar-refractivity contribution >= 4 is 20.9 Å². The fourth-order valence-corrected chi connectivity index (χ4v) is 5.34. The highest BCUT2D eigenvalue weighted by Gasteiger charge is 2.43. The first-order valence-corrected chi connectivity index (χ1v) is 10.6. The Morgan fingerprint density at radius 2 is 1.73 bits per heavy atom. The van der Waals surface area contributed by atoms with E-state index < -0.39 is 28.8 Å². The monoisotopic (exact) mass is 435 g/mol. The predicted octanol–water partition coefficient (Wildman–Crippen LogP) is 4.35. The molecule has 2 aromatic carbocycles. The topological polar surface area (TPSA) is 74.9 Å². The van der Waals surface area contributed by atoms with E-state index >= 15 is 0 Å². The highest BCUT2D eigenvalue weighted by molar-refractivity contribution is 7.89. The number of alkyl halides is 3. The molecule has 0 aliphatic rings. The van der Waals surface area contributed by atoms with Crippen molar-refractivity contribution in [1.82, 2.24) is 9.29 Å². The molecule has 3 rings (SSSR count). The lowest BCUT2D eigenvalue weighted by atomic mass is 10.1. The second kappa shape index (κ2) is 7.78. The van der Waals surface area contributed by atoms with Crippen LogP contribution in [0.15, 0.2) is 47.5 Å². The molecule has 1 aromatic heterocycles. The van der Waals surface area contributed by atoms with E-state index in [-0.39, 0.29) is 4.90 Å². The maximum atomic E-state index is 13.8. The van der Waals surface area contributed by atoms with E-state index in [2.05, 4.69) is 0 Å². The third-order valence-corrected chi connectivity index (χ3v) is 6.62. The second-order valence-corrected chi connectivity index (χ2v) is 8.95. The first-order valence-electron chi connectivity index (χ1n) is 9.08. The summed E-state index contributed by atoms with van der Waals surface area (Å²) in [5.41, 5.74) is 2.46. The van der Waals surface area contributed by atoms with Crippen LogP contribution >= 0.6 is 0 Å². The molecule has 0 spiro atoms. The van der Waals surface area contributed by atoms with Crippen LogP contribution in [0.25, 0.3) is 10.9 Å². The summed E-state index contributed by atoms with van der Waals surface area (Å²) in [6, 6.07) is 9.10. The fourth-order valence-electron chi connectivity index (χ4n) is 3.67. The number of rotatable bonds is 5. The zero-order valence-electron chi connectivity index (χ0n) is 16.6. The standard InChI is InChI=1S/C21H20F3N3O2S/c1-13-8-14(2)20(15(3)9-13)30(28,29)26-19(21(22,23)24)12-27-7-6-17-10-16(11-25)4-5-18(17)27/h4-10,19,26H,12H2,1-3H3. The van der Waals surface area contributed by atoms with Crippen molar-refractivity contribution in [2.45, 2.75) is 44.4 Å². The molecule has 1 atom stereocenters. The lowest BCUT2D eigenvalue weighted by Crippen LogP contribution is -2.48. The number of hydrogen-bond acceptors (Lipinski definition) is 3. The molecule has 0 aliphatic heterocycles. The number of aryl methyl sites for hydroxylation is 3. The number of sulfonamides is 1. The van der Waals surface area contributed by atoms with Crippen molar-refractivity contribution in [2.24, 2.45) is 0 Å². The molecule has 0 fully saturated rings. The molecule has 1 heterocycles. The molecule has 1 N–H and O–H groups in total. The highest BCUT2D eigenvalue weighted by atomic mass is 32.2. The van der Waals surface area contributed by atoms with Crippen LogP contribution < -0.4 is 4.72 Å². The first kappa shape index (κ1) is 21.9. The molecule has 0 amide bonds. The molecule has 1 unspecified atom stereocenters. The maximum Gasteiger partial charge on any atom is 0.406 e. The summed E-state index contributed by atoms with van der Waals surface area (Å²) in [5, 5.41) is 9.57. The van der Waals surface area contributed by atoms with Crippen molar-refractivity contribution in [1.29, 1.82) is 5.26 Å². The van der Waals surface area contributed by atoms with Gasteiger partial charge in [-0.05, 0) is 56.2 Å². The summed E-state index contributed by atoms with van der Waals surface area (Å²) < 4.78 is 70.2. The largest absolute Gasteiger partial charge is 0.406 e. The predicted molar refractivity (Wildman–Crippen MR) is 107 cm³/mol. The Balaban J connectivity index is 1.98. The molecule has 30 heavy (non-hydrogen) atoms. The number of benzene rings is 2. The van der Waals surface area contributed by atoms with Crippen LogP contribution in [0.1, 0.15) is 22.3 Å². The Labute approximate surface area is 172 Å². The normalized spacial score (nSPS) is 13.4. The Kier molecular flexibility index (Phi) is 5.67. The number of fused-ring (bicyclic) bond motifs is 1. The first-order chi connectivity index (χ1) is 13.9. The van der Waals surface area contributed by atoms with Crippen molar-refractivity contribution in [3.8, 4) is 6.07 Å². The molecular formula is C21H20F3N3O2S. The van der Waals surface area contributed by atoms with Gasteiger partial charge in [0.2, 0.25) is 10.0 Å². The molecular weight excluding hydrogens is 415 g/mol. The van der Waals surface area contributed by atoms with Crippen LogP contribution in [0.2, 0.25) is 0 Å². The average Bonchev–Trinajstić information content (AvgIpc) is 3.01. The van der Waals surface area contributed by atoms with Crippen LogP contribution in [0.4, 0.5) is 13.2 Å². The van der Waals surface area contributed by atoms with Gasteiger partial charge in [-0.3, -0.25) is 0 Å². The third kappa shape index (κ3) is 4.35. The fraction of sp³-hybridized carbons (Fsp3) is 0.286. The molecule has 158 valence electrons. The van der Waals surface area contributed by atoms with Gasteiger partial charge in [0.15, 0.2) is 0 Å². The van der Waals surface area contributed by atoms with E-state index in [0.717, 1.165) is 5.56 Å². The van der Waals surface area contributed by atoms with Gasteiger partial charge < -0.3 is 4.57 Å². The molecule has 9 heteroatoms. The zero-order chi connectivity index (χ0) is 22.3. The van der Waals surface area contributed by atoms with Crippen LogP contribution in [0.3, 0.4) is 0 Å². The maximum absolute atomic E-state index is 13.8. The van der Waals surface area contributed by atoms with E-state index in [4.69, 9.17) is 5.26 Å². The smallest absolute Gasteiger partial charge is 0.346 e. The number of halogens is 3. The highest BCUT2D eigenvalue weighted by Crippen LogP contribution is 2.28. The van der Waals surface area contributed by atoms with Gasteiger partial charge in [-0.25, -0.2) is 8.42 Å². The molecule has 0 saturated carbocycles. The summed E-state index contributed by atoms with van der Waals surface area (Å²) in [6.45, 7) is 4.27. The number of hydrogen-bond donors (Lipinski definition) is 1. The van der Waals surface area contributed by atoms with Gasteiger partial charge in [0.05, 0.1) is 16.5 Å². The summed E-state index contributed by atoms with van der Waals surface area (Å²) in [4.78, 5) is -0.140. The zero-order valence-corrected chi connectivity index (χ0v) is 17.4. The summed E-state index contributed by atoms with van der Waals surface area (Å²) in [5.74, 6) is 0. The number of aromatic nitrogens is 1. The van der Waals surface area contributed by atoms with E-state index in [1.807, 2.05) is 10.8 Å². The lowest BCUT2D eigenvalue weighted by Gasteiger charge is -2.24. The van der Waals surface area contributed by atoms with Crippen molar-refractivity contribution in [3.63, 3.8) is 0 Å². The quantitative estimate of drug-likeness (QED) is 0.648. The molecule has 0 aliphatic carbocycles. The summed E-state index contributed by atoms with van der Waals surface area (Å²) >= 11 is 0. The van der Waals surface area contributed by atoms with Crippen LogP contribution in [-0.2, 0) is 16.6 Å². The molecule has 3 aromatic rings. The van der Waals surface area contributed by atoms with Gasteiger partial charge in [0, 0.05) is 23.6 Å². The molecule has 0 saturated heterocycles. The Morgan fingerprint density at radius 3 is 2.30 bits per heavy atom. The minimum atomic E-state index is -4.80. The minimum absolute atomic E-state index is 0.140. The number of nitriles is 1. The minimum Gasteiger partial charge on any atom is -0.346 e. The van der Waals surface area contributed by atoms with E-state index in [1.165, 1.54) is 16.8 Å². The molecule has 0 radical (unpaired) electrons. The van der Waals surface area contributed by atoms with Gasteiger partial charge in [-0.2, -0.15) is 23.2 Å². The average molecular weight is 435 g/mol. The Morgan fingerprint density at radius 1 is 1.10 bits per heavy atom. The van der Waals surface area contributed by atoms with Crippen LogP contribution in [0.5, 0.6) is 0 Å². The van der Waals surface area contributed by atoms with Gasteiger partial charge in [-0.15, -0.1) is 0 Å². The van der Waals surface area contributed by atoms with Crippen LogP contribution in [-0.4, -0.2) is 25.2 Å². The molecule has 0 bridgehead atoms. The van der Waals surface area contributed by atoms with Crippen molar-refractivity contribution < 1.29 is 21.6 Å². The number of nitrogens with zero attached hydrogens (tertiary/aromatic N) is 2. The van der Waals surface area contributed by atoms with E-state index in [0.29, 0.717) is 27.6 Å². The van der Waals surface area contributed by atoms with E-state index in [9.17, 15) is 21.6 Å². The second-order valence-electron chi connectivity index (χ2n) is 7.30. The van der Waals surface area contributed by atoms with Gasteiger partial charge in [0.1, 0.15) is 6.04 Å². The van der Waals surface area contributed by atoms with Gasteiger partial charge in [-0.1, -0.05) is 17.7 Å². The van der Waals surface area contributed by atoms with Gasteiger partial charge >= 0.3 is 6.18 Å². The lowest BCUT2D eigenvalue weighted by molar-refractivity contribution is -0.154.